The van der Waals surface area contributed by atoms with Gasteiger partial charge in [-0.05, 0) is 36.2 Å². The molecule has 3 aromatic rings. The molecule has 1 atom stereocenters. The molecule has 6 heteroatoms. The number of rotatable bonds is 3. The van der Waals surface area contributed by atoms with Crippen LogP contribution in [0.5, 0.6) is 5.75 Å². The van der Waals surface area contributed by atoms with Crippen LogP contribution in [0.3, 0.4) is 0 Å². The van der Waals surface area contributed by atoms with Gasteiger partial charge in [0.25, 0.3) is 0 Å². The van der Waals surface area contributed by atoms with Crippen LogP contribution in [-0.2, 0) is 19.5 Å². The first-order valence-corrected chi connectivity index (χ1v) is 9.12. The third-order valence-corrected chi connectivity index (χ3v) is 5.38. The first-order valence-electron chi connectivity index (χ1n) is 9.12. The molecule has 0 amide bonds. The van der Waals surface area contributed by atoms with Crippen LogP contribution in [0.4, 0.5) is 0 Å². The molecule has 0 aliphatic carbocycles. The van der Waals surface area contributed by atoms with Crippen molar-refractivity contribution in [1.82, 2.24) is 24.6 Å². The molecule has 0 bridgehead atoms. The minimum atomic E-state index is 0.319. The van der Waals surface area contributed by atoms with Gasteiger partial charge < -0.3 is 4.74 Å². The van der Waals surface area contributed by atoms with Crippen molar-refractivity contribution in [3.8, 4) is 17.1 Å². The smallest absolute Gasteiger partial charge is 0.181 e. The largest absolute Gasteiger partial charge is 0.493 e. The highest BCUT2D eigenvalue weighted by molar-refractivity contribution is 5.53. The fourth-order valence-electron chi connectivity index (χ4n) is 3.76. The summed E-state index contributed by atoms with van der Waals surface area (Å²) in [5.74, 6) is 2.85. The van der Waals surface area contributed by atoms with Gasteiger partial charge in [0.15, 0.2) is 5.82 Å². The molecule has 4 heterocycles. The highest BCUT2D eigenvalue weighted by atomic mass is 16.5. The van der Waals surface area contributed by atoms with Gasteiger partial charge >= 0.3 is 0 Å². The minimum absolute atomic E-state index is 0.319. The Kier molecular flexibility index (Phi) is 3.71. The molecule has 0 saturated heterocycles. The van der Waals surface area contributed by atoms with Crippen LogP contribution < -0.4 is 4.74 Å². The summed E-state index contributed by atoms with van der Waals surface area (Å²) in [7, 11) is 0. The Morgan fingerprint density at radius 3 is 2.88 bits per heavy atom. The maximum atomic E-state index is 5.74. The summed E-state index contributed by atoms with van der Waals surface area (Å²) in [6.45, 7) is 5.69. The average Bonchev–Trinajstić information content (AvgIpc) is 3.33. The molecule has 1 unspecified atom stereocenters. The Morgan fingerprint density at radius 2 is 2.00 bits per heavy atom. The second kappa shape index (κ2) is 6.21. The SMILES string of the molecule is CC(c1ccc2c(c1)OCC2)N1CCn2nc(-c3ccncc3)nc2C1. The number of nitrogens with zero attached hydrogens (tertiary/aromatic N) is 5. The van der Waals surface area contributed by atoms with E-state index in [2.05, 4.69) is 40.1 Å². The number of fused-ring (bicyclic) bond motifs is 2. The maximum Gasteiger partial charge on any atom is 0.181 e. The van der Waals surface area contributed by atoms with Crippen molar-refractivity contribution in [2.45, 2.75) is 32.5 Å². The van der Waals surface area contributed by atoms with E-state index in [1.807, 2.05) is 16.8 Å². The third kappa shape index (κ3) is 2.66. The van der Waals surface area contributed by atoms with E-state index in [-0.39, 0.29) is 0 Å². The quantitative estimate of drug-likeness (QED) is 0.729. The number of hydrogen-bond acceptors (Lipinski definition) is 5. The molecule has 0 saturated carbocycles. The van der Waals surface area contributed by atoms with E-state index < -0.39 is 0 Å². The van der Waals surface area contributed by atoms with Gasteiger partial charge in [-0.3, -0.25) is 9.88 Å². The van der Waals surface area contributed by atoms with Crippen LogP contribution >= 0.6 is 0 Å². The van der Waals surface area contributed by atoms with Crippen molar-refractivity contribution < 1.29 is 4.74 Å². The molecule has 0 radical (unpaired) electrons. The number of benzene rings is 1. The van der Waals surface area contributed by atoms with Gasteiger partial charge in [-0.15, -0.1) is 0 Å². The lowest BCUT2D eigenvalue weighted by Crippen LogP contribution is -2.36. The lowest BCUT2D eigenvalue weighted by Gasteiger charge is -2.32. The van der Waals surface area contributed by atoms with Crippen LogP contribution in [0.2, 0.25) is 0 Å². The van der Waals surface area contributed by atoms with Crippen LogP contribution in [0.1, 0.15) is 29.9 Å². The Labute approximate surface area is 152 Å². The first-order chi connectivity index (χ1) is 12.8. The Morgan fingerprint density at radius 1 is 1.12 bits per heavy atom. The van der Waals surface area contributed by atoms with Crippen LogP contribution in [-0.4, -0.2) is 37.8 Å². The average molecular weight is 347 g/mol. The highest BCUT2D eigenvalue weighted by Gasteiger charge is 2.25. The maximum absolute atomic E-state index is 5.74. The molecule has 26 heavy (non-hydrogen) atoms. The van der Waals surface area contributed by atoms with Gasteiger partial charge in [0, 0.05) is 37.0 Å². The zero-order chi connectivity index (χ0) is 17.5. The van der Waals surface area contributed by atoms with Crippen LogP contribution in [0, 0.1) is 0 Å². The van der Waals surface area contributed by atoms with E-state index in [1.54, 1.807) is 12.4 Å². The van der Waals surface area contributed by atoms with E-state index in [0.29, 0.717) is 6.04 Å². The molecule has 6 nitrogen and oxygen atoms in total. The van der Waals surface area contributed by atoms with Crippen molar-refractivity contribution in [3.63, 3.8) is 0 Å². The zero-order valence-electron chi connectivity index (χ0n) is 14.8. The summed E-state index contributed by atoms with van der Waals surface area (Å²) in [4.78, 5) is 11.3. The molecule has 2 aliphatic heterocycles. The molecule has 0 fully saturated rings. The minimum Gasteiger partial charge on any atom is -0.493 e. The topological polar surface area (TPSA) is 56.1 Å². The van der Waals surface area contributed by atoms with Crippen molar-refractivity contribution in [1.29, 1.82) is 0 Å². The summed E-state index contributed by atoms with van der Waals surface area (Å²) in [5.41, 5.74) is 3.63. The van der Waals surface area contributed by atoms with Gasteiger partial charge in [-0.2, -0.15) is 5.10 Å². The predicted molar refractivity (Wildman–Crippen MR) is 97.7 cm³/mol. The fraction of sp³-hybridized carbons (Fsp3) is 0.350. The molecule has 0 spiro atoms. The molecule has 5 rings (SSSR count). The molecular formula is C20H21N5O. The second-order valence-corrected chi connectivity index (χ2v) is 6.92. The van der Waals surface area contributed by atoms with Crippen LogP contribution in [0.15, 0.2) is 42.7 Å². The van der Waals surface area contributed by atoms with E-state index in [1.165, 1.54) is 11.1 Å². The Balaban J connectivity index is 1.38. The van der Waals surface area contributed by atoms with Crippen molar-refractivity contribution in [2.75, 3.05) is 13.2 Å². The Hall–Kier alpha value is -2.73. The van der Waals surface area contributed by atoms with Gasteiger partial charge in [-0.1, -0.05) is 12.1 Å². The summed E-state index contributed by atoms with van der Waals surface area (Å²) >= 11 is 0. The number of aromatic nitrogens is 4. The predicted octanol–water partition coefficient (Wildman–Crippen LogP) is 2.85. The molecular weight excluding hydrogens is 326 g/mol. The number of ether oxygens (including phenoxy) is 1. The third-order valence-electron chi connectivity index (χ3n) is 5.38. The van der Waals surface area contributed by atoms with Crippen molar-refractivity contribution in [2.24, 2.45) is 0 Å². The standard InChI is InChI=1S/C20H21N5O/c1-14(17-3-2-15-6-11-26-18(15)12-17)24-9-10-25-19(13-24)22-20(23-25)16-4-7-21-8-5-16/h2-5,7-8,12,14H,6,9-11,13H2,1H3. The molecule has 132 valence electrons. The van der Waals surface area contributed by atoms with Gasteiger partial charge in [0.2, 0.25) is 0 Å². The first kappa shape index (κ1) is 15.5. The number of hydrogen-bond donors (Lipinski definition) is 0. The molecule has 2 aliphatic rings. The molecule has 2 aromatic heterocycles. The van der Waals surface area contributed by atoms with Gasteiger partial charge in [0.1, 0.15) is 11.6 Å². The van der Waals surface area contributed by atoms with E-state index in [4.69, 9.17) is 9.72 Å². The summed E-state index contributed by atoms with van der Waals surface area (Å²) in [6.07, 6.45) is 4.58. The zero-order valence-corrected chi connectivity index (χ0v) is 14.8. The summed E-state index contributed by atoms with van der Waals surface area (Å²) in [5, 5.41) is 4.67. The van der Waals surface area contributed by atoms with E-state index >= 15 is 0 Å². The van der Waals surface area contributed by atoms with E-state index in [0.717, 1.165) is 55.6 Å². The Bertz CT molecular complexity index is 937. The lowest BCUT2D eigenvalue weighted by atomic mass is 10.0. The number of pyridine rings is 1. The summed E-state index contributed by atoms with van der Waals surface area (Å²) < 4.78 is 7.77. The fourth-order valence-corrected chi connectivity index (χ4v) is 3.76. The summed E-state index contributed by atoms with van der Waals surface area (Å²) in [6, 6.07) is 10.9. The van der Waals surface area contributed by atoms with Crippen molar-refractivity contribution >= 4 is 0 Å². The lowest BCUT2D eigenvalue weighted by molar-refractivity contribution is 0.158. The normalized spacial score (nSPS) is 17.4. The van der Waals surface area contributed by atoms with E-state index in [9.17, 15) is 0 Å². The van der Waals surface area contributed by atoms with Gasteiger partial charge in [0.05, 0.1) is 19.7 Å². The van der Waals surface area contributed by atoms with Gasteiger partial charge in [-0.25, -0.2) is 9.67 Å². The molecule has 0 N–H and O–H groups in total. The second-order valence-electron chi connectivity index (χ2n) is 6.92. The van der Waals surface area contributed by atoms with Crippen LogP contribution in [0.25, 0.3) is 11.4 Å². The monoisotopic (exact) mass is 347 g/mol. The highest BCUT2D eigenvalue weighted by Crippen LogP contribution is 2.32. The van der Waals surface area contributed by atoms with Crippen molar-refractivity contribution in [3.05, 3.63) is 59.7 Å². The molecule has 1 aromatic carbocycles.